The number of aryl methyl sites for hydroxylation is 1. The van der Waals surface area contributed by atoms with Crippen LogP contribution in [0.3, 0.4) is 0 Å². The number of anilines is 2. The number of carbonyl (C=O) groups excluding carboxylic acids is 1. The molecule has 1 aromatic heterocycles. The number of fused-ring (bicyclic) bond motifs is 1. The number of halogens is 1. The third kappa shape index (κ3) is 5.14. The lowest BCUT2D eigenvalue weighted by Gasteiger charge is -2.13. The minimum absolute atomic E-state index is 0. The van der Waals surface area contributed by atoms with E-state index >= 15 is 0 Å². The van der Waals surface area contributed by atoms with E-state index < -0.39 is 0 Å². The van der Waals surface area contributed by atoms with Crippen LogP contribution in [0.15, 0.2) is 48.5 Å². The summed E-state index contributed by atoms with van der Waals surface area (Å²) in [6.45, 7) is 6.92. The van der Waals surface area contributed by atoms with E-state index in [9.17, 15) is 4.79 Å². The van der Waals surface area contributed by atoms with Gasteiger partial charge in [-0.3, -0.25) is 4.98 Å². The summed E-state index contributed by atoms with van der Waals surface area (Å²) in [5.74, 6) is 0.491. The van der Waals surface area contributed by atoms with E-state index in [1.807, 2.05) is 57.2 Å². The van der Waals surface area contributed by atoms with Crippen molar-refractivity contribution in [3.63, 3.8) is 0 Å². The molecule has 148 valence electrons. The highest BCUT2D eigenvalue weighted by molar-refractivity contribution is 5.95. The van der Waals surface area contributed by atoms with E-state index in [1.165, 1.54) is 0 Å². The normalized spacial score (nSPS) is 10.2. The van der Waals surface area contributed by atoms with Crippen LogP contribution in [0.1, 0.15) is 36.3 Å². The number of rotatable bonds is 7. The number of nitrogens with zero attached hydrogens (tertiary/aromatic N) is 1. The maximum absolute atomic E-state index is 12.1. The van der Waals surface area contributed by atoms with Crippen molar-refractivity contribution < 1.29 is 14.3 Å². The standard InChI is InChI=1S/C22H24N2O3.ClH/c1-4-11-27-22(25)16-7-6-8-17(13-16)24-21-12-15(3)23-20-10-9-18(26-5-2)14-19(20)21;/h6-10,12-14H,4-5,11H2,1-3H3,(H,23,24);1H. The minimum atomic E-state index is -0.310. The van der Waals surface area contributed by atoms with Gasteiger partial charge in [0.05, 0.1) is 24.3 Å². The van der Waals surface area contributed by atoms with Gasteiger partial charge in [0.2, 0.25) is 0 Å². The number of benzene rings is 2. The van der Waals surface area contributed by atoms with Crippen LogP contribution in [0.4, 0.5) is 11.4 Å². The number of ether oxygens (including phenoxy) is 2. The second-order valence-corrected chi connectivity index (χ2v) is 6.26. The van der Waals surface area contributed by atoms with Crippen LogP contribution in [0.5, 0.6) is 5.75 Å². The van der Waals surface area contributed by atoms with E-state index in [4.69, 9.17) is 9.47 Å². The molecule has 28 heavy (non-hydrogen) atoms. The quantitative estimate of drug-likeness (QED) is 0.517. The van der Waals surface area contributed by atoms with Crippen LogP contribution in [0.25, 0.3) is 10.9 Å². The molecule has 0 aliphatic carbocycles. The Hall–Kier alpha value is -2.79. The van der Waals surface area contributed by atoms with E-state index in [0.717, 1.165) is 40.1 Å². The molecular weight excluding hydrogens is 376 g/mol. The first kappa shape index (κ1) is 21.5. The van der Waals surface area contributed by atoms with Gasteiger partial charge in [-0.25, -0.2) is 4.79 Å². The van der Waals surface area contributed by atoms with Crippen molar-refractivity contribution in [2.24, 2.45) is 0 Å². The summed E-state index contributed by atoms with van der Waals surface area (Å²) in [4.78, 5) is 16.7. The second-order valence-electron chi connectivity index (χ2n) is 6.26. The Kier molecular flexibility index (Phi) is 7.64. The summed E-state index contributed by atoms with van der Waals surface area (Å²) in [6.07, 6.45) is 0.800. The summed E-state index contributed by atoms with van der Waals surface area (Å²) >= 11 is 0. The fraction of sp³-hybridized carbons (Fsp3) is 0.273. The molecule has 0 aliphatic rings. The zero-order valence-electron chi connectivity index (χ0n) is 16.3. The van der Waals surface area contributed by atoms with Gasteiger partial charge in [-0.2, -0.15) is 0 Å². The van der Waals surface area contributed by atoms with Crippen LogP contribution in [0, 0.1) is 6.92 Å². The van der Waals surface area contributed by atoms with Gasteiger partial charge in [0.1, 0.15) is 5.75 Å². The molecule has 0 radical (unpaired) electrons. The minimum Gasteiger partial charge on any atom is -0.494 e. The van der Waals surface area contributed by atoms with Gasteiger partial charge in [-0.05, 0) is 62.7 Å². The number of carbonyl (C=O) groups is 1. The van der Waals surface area contributed by atoms with E-state index in [1.54, 1.807) is 12.1 Å². The maximum atomic E-state index is 12.1. The zero-order chi connectivity index (χ0) is 19.2. The van der Waals surface area contributed by atoms with Crippen molar-refractivity contribution in [2.75, 3.05) is 18.5 Å². The lowest BCUT2D eigenvalue weighted by atomic mass is 10.1. The van der Waals surface area contributed by atoms with Crippen LogP contribution in [0.2, 0.25) is 0 Å². The first-order valence-corrected chi connectivity index (χ1v) is 9.19. The fourth-order valence-electron chi connectivity index (χ4n) is 2.85. The van der Waals surface area contributed by atoms with Gasteiger partial charge in [-0.15, -0.1) is 12.4 Å². The molecule has 0 saturated heterocycles. The number of esters is 1. The Morgan fingerprint density at radius 2 is 1.93 bits per heavy atom. The van der Waals surface area contributed by atoms with Crippen molar-refractivity contribution in [3.05, 3.63) is 59.8 Å². The summed E-state index contributed by atoms with van der Waals surface area (Å²) < 4.78 is 10.8. The Morgan fingerprint density at radius 1 is 1.11 bits per heavy atom. The molecule has 0 atom stereocenters. The van der Waals surface area contributed by atoms with E-state index in [0.29, 0.717) is 18.8 Å². The van der Waals surface area contributed by atoms with Gasteiger partial charge in [0, 0.05) is 22.5 Å². The smallest absolute Gasteiger partial charge is 0.338 e. The van der Waals surface area contributed by atoms with Gasteiger partial charge in [0.15, 0.2) is 0 Å². The summed E-state index contributed by atoms with van der Waals surface area (Å²) in [6, 6.07) is 15.2. The predicted octanol–water partition coefficient (Wildman–Crippen LogP) is 5.67. The van der Waals surface area contributed by atoms with E-state index in [2.05, 4.69) is 10.3 Å². The van der Waals surface area contributed by atoms with Crippen LogP contribution < -0.4 is 10.1 Å². The average molecular weight is 401 g/mol. The van der Waals surface area contributed by atoms with Crippen molar-refractivity contribution in [2.45, 2.75) is 27.2 Å². The first-order valence-electron chi connectivity index (χ1n) is 9.19. The molecule has 3 rings (SSSR count). The molecule has 5 nitrogen and oxygen atoms in total. The van der Waals surface area contributed by atoms with Gasteiger partial charge >= 0.3 is 5.97 Å². The molecule has 0 spiro atoms. The molecule has 0 saturated carbocycles. The summed E-state index contributed by atoms with van der Waals surface area (Å²) in [7, 11) is 0. The molecule has 0 aliphatic heterocycles. The Labute approximate surface area is 171 Å². The zero-order valence-corrected chi connectivity index (χ0v) is 17.1. The van der Waals surface area contributed by atoms with Crippen LogP contribution in [-0.2, 0) is 4.74 Å². The largest absolute Gasteiger partial charge is 0.494 e. The molecule has 3 aromatic rings. The Morgan fingerprint density at radius 3 is 2.68 bits per heavy atom. The topological polar surface area (TPSA) is 60.5 Å². The monoisotopic (exact) mass is 400 g/mol. The highest BCUT2D eigenvalue weighted by atomic mass is 35.5. The Bertz CT molecular complexity index is 960. The van der Waals surface area contributed by atoms with Crippen LogP contribution >= 0.6 is 12.4 Å². The Balaban J connectivity index is 0.00000280. The summed E-state index contributed by atoms with van der Waals surface area (Å²) in [5.41, 5.74) is 4.05. The lowest BCUT2D eigenvalue weighted by molar-refractivity contribution is 0.0505. The molecule has 1 N–H and O–H groups in total. The molecule has 2 aromatic carbocycles. The van der Waals surface area contributed by atoms with Crippen molar-refractivity contribution >= 4 is 40.7 Å². The predicted molar refractivity (Wildman–Crippen MR) is 115 cm³/mol. The van der Waals surface area contributed by atoms with Gasteiger partial charge < -0.3 is 14.8 Å². The lowest BCUT2D eigenvalue weighted by Crippen LogP contribution is -2.06. The molecule has 0 unspecified atom stereocenters. The van der Waals surface area contributed by atoms with Crippen molar-refractivity contribution in [3.8, 4) is 5.75 Å². The number of pyridine rings is 1. The fourth-order valence-corrected chi connectivity index (χ4v) is 2.85. The molecular formula is C22H25ClN2O3. The highest BCUT2D eigenvalue weighted by Gasteiger charge is 2.10. The second kappa shape index (κ2) is 9.95. The number of aromatic nitrogens is 1. The summed E-state index contributed by atoms with van der Waals surface area (Å²) in [5, 5.41) is 4.37. The van der Waals surface area contributed by atoms with Gasteiger partial charge in [0.25, 0.3) is 0 Å². The average Bonchev–Trinajstić information content (AvgIpc) is 2.67. The van der Waals surface area contributed by atoms with Crippen LogP contribution in [-0.4, -0.2) is 24.2 Å². The van der Waals surface area contributed by atoms with Crippen molar-refractivity contribution in [1.82, 2.24) is 4.98 Å². The molecule has 0 fully saturated rings. The number of hydrogen-bond acceptors (Lipinski definition) is 5. The molecule has 6 heteroatoms. The highest BCUT2D eigenvalue weighted by Crippen LogP contribution is 2.30. The molecule has 0 amide bonds. The van der Waals surface area contributed by atoms with Crippen molar-refractivity contribution in [1.29, 1.82) is 0 Å². The van der Waals surface area contributed by atoms with E-state index in [-0.39, 0.29) is 18.4 Å². The van der Waals surface area contributed by atoms with Gasteiger partial charge in [-0.1, -0.05) is 13.0 Å². The first-order chi connectivity index (χ1) is 13.1. The molecule has 0 bridgehead atoms. The number of hydrogen-bond donors (Lipinski definition) is 1. The maximum Gasteiger partial charge on any atom is 0.338 e. The number of nitrogens with one attached hydrogen (secondary N) is 1. The molecule has 1 heterocycles. The SMILES string of the molecule is CCCOC(=O)c1cccc(Nc2cc(C)nc3ccc(OCC)cc23)c1.Cl. The third-order valence-corrected chi connectivity index (χ3v) is 4.03. The third-order valence-electron chi connectivity index (χ3n) is 4.03.